The van der Waals surface area contributed by atoms with Crippen molar-refractivity contribution in [2.75, 3.05) is 6.61 Å². The fraction of sp³-hybridized carbons (Fsp3) is 0.409. The summed E-state index contributed by atoms with van der Waals surface area (Å²) in [5, 5.41) is 13.2. The molecule has 2 aliphatic heterocycles. The van der Waals surface area contributed by atoms with Crippen molar-refractivity contribution in [1.29, 1.82) is 0 Å². The van der Waals surface area contributed by atoms with Crippen molar-refractivity contribution in [2.45, 2.75) is 50.5 Å². The van der Waals surface area contributed by atoms with Gasteiger partial charge in [0.15, 0.2) is 12.6 Å². The predicted octanol–water partition coefficient (Wildman–Crippen LogP) is 1.91. The van der Waals surface area contributed by atoms with E-state index >= 15 is 0 Å². The number of carbonyl (C=O) groups excluding carboxylic acids is 1. The summed E-state index contributed by atoms with van der Waals surface area (Å²) in [5.41, 5.74) is 1.87. The highest BCUT2D eigenvalue weighted by Gasteiger charge is 2.50. The molecule has 1 unspecified atom stereocenters. The van der Waals surface area contributed by atoms with Gasteiger partial charge in [0, 0.05) is 12.5 Å². The van der Waals surface area contributed by atoms with Crippen LogP contribution in [0.1, 0.15) is 24.3 Å². The Morgan fingerprint density at radius 1 is 1.10 bits per heavy atom. The van der Waals surface area contributed by atoms with Crippen molar-refractivity contribution in [3.8, 4) is 0 Å². The predicted molar refractivity (Wildman–Crippen MR) is 104 cm³/mol. The molecule has 4 rings (SSSR count). The molecule has 2 saturated heterocycles. The van der Waals surface area contributed by atoms with Crippen LogP contribution in [0.2, 0.25) is 0 Å². The number of ether oxygens (including phenoxy) is 4. The first-order valence-corrected chi connectivity index (χ1v) is 9.70. The summed E-state index contributed by atoms with van der Waals surface area (Å²) in [6, 6.07) is 18.6. The summed E-state index contributed by atoms with van der Waals surface area (Å²) in [5.74, 6) is -0.281. The van der Waals surface area contributed by atoms with Crippen LogP contribution < -0.4 is 5.32 Å². The molecule has 29 heavy (non-hydrogen) atoms. The normalized spacial score (nSPS) is 31.7. The number of benzene rings is 2. The van der Waals surface area contributed by atoms with Crippen LogP contribution >= 0.6 is 0 Å². The first-order valence-electron chi connectivity index (χ1n) is 9.70. The van der Waals surface area contributed by atoms with E-state index in [1.54, 1.807) is 0 Å². The lowest BCUT2D eigenvalue weighted by molar-refractivity contribution is -0.343. The second-order valence-corrected chi connectivity index (χ2v) is 7.23. The number of fused-ring (bicyclic) bond motifs is 1. The maximum absolute atomic E-state index is 11.7. The quantitative estimate of drug-likeness (QED) is 0.799. The summed E-state index contributed by atoms with van der Waals surface area (Å²) in [6.45, 7) is 1.96. The Hall–Kier alpha value is -2.29. The average molecular weight is 399 g/mol. The van der Waals surface area contributed by atoms with Crippen molar-refractivity contribution in [2.24, 2.45) is 0 Å². The number of carbonyl (C=O) groups is 1. The molecule has 0 spiro atoms. The Labute approximate surface area is 169 Å². The fourth-order valence-electron chi connectivity index (χ4n) is 3.72. The Morgan fingerprint density at radius 3 is 2.48 bits per heavy atom. The molecule has 7 heteroatoms. The molecule has 2 N–H and O–H groups in total. The highest BCUT2D eigenvalue weighted by atomic mass is 16.7. The monoisotopic (exact) mass is 399 g/mol. The SMILES string of the molecule is CC(=O)N[C@@H]1[C@@H](OCc2ccccc2)[C@@H]2OC(c3ccccc3)OC[C@H]2O[C@@H]1O. The van der Waals surface area contributed by atoms with Gasteiger partial charge in [-0.1, -0.05) is 60.7 Å². The average Bonchev–Trinajstić information content (AvgIpc) is 2.74. The molecule has 6 atom stereocenters. The van der Waals surface area contributed by atoms with Crippen LogP contribution in [0.4, 0.5) is 0 Å². The maximum atomic E-state index is 11.7. The smallest absolute Gasteiger partial charge is 0.217 e. The molecule has 2 aliphatic rings. The topological polar surface area (TPSA) is 86.3 Å². The number of hydrogen-bond donors (Lipinski definition) is 2. The van der Waals surface area contributed by atoms with Gasteiger partial charge in [-0.3, -0.25) is 4.79 Å². The molecule has 0 bridgehead atoms. The number of rotatable bonds is 5. The molecular formula is C22H25NO6. The Kier molecular flexibility index (Phi) is 6.22. The van der Waals surface area contributed by atoms with Gasteiger partial charge in [-0.25, -0.2) is 0 Å². The zero-order valence-corrected chi connectivity index (χ0v) is 16.1. The lowest BCUT2D eigenvalue weighted by Gasteiger charge is -2.48. The summed E-state index contributed by atoms with van der Waals surface area (Å²) >= 11 is 0. The Bertz CT molecular complexity index is 801. The fourth-order valence-corrected chi connectivity index (χ4v) is 3.72. The molecule has 0 aliphatic carbocycles. The molecular weight excluding hydrogens is 374 g/mol. The third-order valence-electron chi connectivity index (χ3n) is 5.09. The highest BCUT2D eigenvalue weighted by molar-refractivity contribution is 5.73. The van der Waals surface area contributed by atoms with E-state index in [2.05, 4.69) is 5.32 Å². The Balaban J connectivity index is 1.56. The minimum absolute atomic E-state index is 0.249. The first-order chi connectivity index (χ1) is 14.1. The van der Waals surface area contributed by atoms with Gasteiger partial charge in [0.1, 0.15) is 24.4 Å². The minimum atomic E-state index is -1.22. The van der Waals surface area contributed by atoms with Crippen LogP contribution in [0, 0.1) is 0 Å². The molecule has 2 fully saturated rings. The van der Waals surface area contributed by atoms with Gasteiger partial charge in [-0.2, -0.15) is 0 Å². The molecule has 1 amide bonds. The van der Waals surface area contributed by atoms with E-state index < -0.39 is 36.9 Å². The van der Waals surface area contributed by atoms with Crippen LogP contribution in [0.5, 0.6) is 0 Å². The summed E-state index contributed by atoms with van der Waals surface area (Å²) in [6.07, 6.45) is -3.42. The van der Waals surface area contributed by atoms with Gasteiger partial charge in [0.05, 0.1) is 13.2 Å². The van der Waals surface area contributed by atoms with Crippen molar-refractivity contribution in [1.82, 2.24) is 5.32 Å². The molecule has 2 heterocycles. The number of aliphatic hydroxyl groups is 1. The number of hydrogen-bond acceptors (Lipinski definition) is 6. The summed E-state index contributed by atoms with van der Waals surface area (Å²) in [7, 11) is 0. The summed E-state index contributed by atoms with van der Waals surface area (Å²) in [4.78, 5) is 11.7. The van der Waals surface area contributed by atoms with Crippen LogP contribution in [0.15, 0.2) is 60.7 Å². The zero-order valence-electron chi connectivity index (χ0n) is 16.1. The summed E-state index contributed by atoms with van der Waals surface area (Å²) < 4.78 is 23.9. The zero-order chi connectivity index (χ0) is 20.2. The van der Waals surface area contributed by atoms with Crippen molar-refractivity contribution in [3.63, 3.8) is 0 Å². The molecule has 154 valence electrons. The molecule has 2 aromatic carbocycles. The van der Waals surface area contributed by atoms with Gasteiger partial charge in [-0.05, 0) is 5.56 Å². The maximum Gasteiger partial charge on any atom is 0.217 e. The molecule has 0 radical (unpaired) electrons. The van der Waals surface area contributed by atoms with Gasteiger partial charge in [0.2, 0.25) is 5.91 Å². The lowest BCUT2D eigenvalue weighted by Crippen LogP contribution is -2.66. The Morgan fingerprint density at radius 2 is 1.79 bits per heavy atom. The van der Waals surface area contributed by atoms with Crippen LogP contribution in [-0.4, -0.2) is 48.3 Å². The minimum Gasteiger partial charge on any atom is -0.368 e. The van der Waals surface area contributed by atoms with Crippen LogP contribution in [-0.2, 0) is 30.3 Å². The lowest BCUT2D eigenvalue weighted by atomic mass is 9.95. The molecule has 7 nitrogen and oxygen atoms in total. The van der Waals surface area contributed by atoms with Gasteiger partial charge in [-0.15, -0.1) is 0 Å². The largest absolute Gasteiger partial charge is 0.368 e. The van der Waals surface area contributed by atoms with Crippen molar-refractivity contribution < 1.29 is 28.8 Å². The van der Waals surface area contributed by atoms with E-state index in [-0.39, 0.29) is 12.5 Å². The van der Waals surface area contributed by atoms with E-state index in [0.29, 0.717) is 6.61 Å². The third-order valence-corrected chi connectivity index (χ3v) is 5.09. The highest BCUT2D eigenvalue weighted by Crippen LogP contribution is 2.35. The van der Waals surface area contributed by atoms with Gasteiger partial charge in [0.25, 0.3) is 0 Å². The van der Waals surface area contributed by atoms with E-state index in [4.69, 9.17) is 18.9 Å². The van der Waals surface area contributed by atoms with Crippen LogP contribution in [0.3, 0.4) is 0 Å². The molecule has 0 aromatic heterocycles. The third kappa shape index (κ3) is 4.66. The molecule has 2 aromatic rings. The van der Waals surface area contributed by atoms with Crippen molar-refractivity contribution >= 4 is 5.91 Å². The second kappa shape index (κ2) is 9.02. The van der Waals surface area contributed by atoms with E-state index in [0.717, 1.165) is 11.1 Å². The number of aliphatic hydroxyl groups excluding tert-OH is 1. The van der Waals surface area contributed by atoms with E-state index in [1.165, 1.54) is 6.92 Å². The van der Waals surface area contributed by atoms with Gasteiger partial charge >= 0.3 is 0 Å². The number of nitrogens with one attached hydrogen (secondary N) is 1. The van der Waals surface area contributed by atoms with Gasteiger partial charge < -0.3 is 29.4 Å². The molecule has 0 saturated carbocycles. The van der Waals surface area contributed by atoms with Crippen molar-refractivity contribution in [3.05, 3.63) is 71.8 Å². The number of amides is 1. The van der Waals surface area contributed by atoms with Crippen LogP contribution in [0.25, 0.3) is 0 Å². The standard InChI is InChI=1S/C22H25NO6/c1-14(24)23-18-20(26-12-15-8-4-2-5-9-15)19-17(28-21(18)25)13-27-22(29-19)16-10-6-3-7-11-16/h2-11,17-22,25H,12-13H2,1H3,(H,23,24)/t17-,18-,19-,20-,21+,22?/m1/s1. The van der Waals surface area contributed by atoms with E-state index in [1.807, 2.05) is 60.7 Å². The van der Waals surface area contributed by atoms with E-state index in [9.17, 15) is 9.90 Å². The first kappa shape index (κ1) is 20.0. The second-order valence-electron chi connectivity index (χ2n) is 7.23.